The standard InChI is InChI=1S/C18H23N3O2S/c1-20(2)24(22,23)14-6-4-13(5-7-14)15-8-9-18(19)17-12-21(3)11-10-16(15)17/h4-9H,10-12,19H2,1-3H3. The lowest BCUT2D eigenvalue weighted by Gasteiger charge is -2.28. The molecule has 128 valence electrons. The summed E-state index contributed by atoms with van der Waals surface area (Å²) in [5.41, 5.74) is 11.6. The van der Waals surface area contributed by atoms with Gasteiger partial charge >= 0.3 is 0 Å². The second kappa shape index (κ2) is 6.20. The van der Waals surface area contributed by atoms with E-state index in [4.69, 9.17) is 5.73 Å². The highest BCUT2D eigenvalue weighted by Crippen LogP contribution is 2.33. The first-order valence-electron chi connectivity index (χ1n) is 7.92. The molecule has 0 aliphatic carbocycles. The van der Waals surface area contributed by atoms with Crippen molar-refractivity contribution >= 4 is 15.7 Å². The molecule has 0 unspecified atom stereocenters. The monoisotopic (exact) mass is 345 g/mol. The third kappa shape index (κ3) is 2.92. The molecule has 0 spiro atoms. The summed E-state index contributed by atoms with van der Waals surface area (Å²) >= 11 is 0. The van der Waals surface area contributed by atoms with E-state index in [-0.39, 0.29) is 0 Å². The van der Waals surface area contributed by atoms with Crippen molar-refractivity contribution in [3.05, 3.63) is 47.5 Å². The van der Waals surface area contributed by atoms with Gasteiger partial charge < -0.3 is 10.6 Å². The number of nitrogens with two attached hydrogens (primary N) is 1. The maximum atomic E-state index is 12.2. The normalized spacial score (nSPS) is 15.5. The number of hydrogen-bond donors (Lipinski definition) is 1. The predicted molar refractivity (Wildman–Crippen MR) is 97.2 cm³/mol. The minimum Gasteiger partial charge on any atom is -0.398 e. The van der Waals surface area contributed by atoms with E-state index in [2.05, 4.69) is 11.9 Å². The van der Waals surface area contributed by atoms with Crippen LogP contribution < -0.4 is 5.73 Å². The molecule has 0 fully saturated rings. The molecular weight excluding hydrogens is 322 g/mol. The van der Waals surface area contributed by atoms with Crippen LogP contribution in [0, 0.1) is 0 Å². The Balaban J connectivity index is 2.04. The Morgan fingerprint density at radius 3 is 2.33 bits per heavy atom. The summed E-state index contributed by atoms with van der Waals surface area (Å²) in [6.45, 7) is 1.85. The number of fused-ring (bicyclic) bond motifs is 1. The lowest BCUT2D eigenvalue weighted by molar-refractivity contribution is 0.314. The van der Waals surface area contributed by atoms with Gasteiger partial charge in [0, 0.05) is 32.9 Å². The van der Waals surface area contributed by atoms with Crippen molar-refractivity contribution in [2.45, 2.75) is 17.9 Å². The molecule has 5 nitrogen and oxygen atoms in total. The summed E-state index contributed by atoms with van der Waals surface area (Å²) in [7, 11) is 1.77. The zero-order valence-corrected chi connectivity index (χ0v) is 15.1. The predicted octanol–water partition coefficient (Wildman–Crippen LogP) is 2.17. The summed E-state index contributed by atoms with van der Waals surface area (Å²) in [5, 5.41) is 0. The van der Waals surface area contributed by atoms with Crippen LogP contribution in [0.5, 0.6) is 0 Å². The van der Waals surface area contributed by atoms with Crippen molar-refractivity contribution in [2.75, 3.05) is 33.4 Å². The van der Waals surface area contributed by atoms with E-state index in [9.17, 15) is 8.42 Å². The van der Waals surface area contributed by atoms with Crippen LogP contribution in [-0.4, -0.2) is 45.3 Å². The van der Waals surface area contributed by atoms with Gasteiger partial charge in [0.15, 0.2) is 0 Å². The third-order valence-corrected chi connectivity index (χ3v) is 6.41. The maximum Gasteiger partial charge on any atom is 0.242 e. The van der Waals surface area contributed by atoms with E-state index in [1.165, 1.54) is 29.5 Å². The van der Waals surface area contributed by atoms with Crippen molar-refractivity contribution in [3.8, 4) is 11.1 Å². The molecular formula is C18H23N3O2S. The third-order valence-electron chi connectivity index (χ3n) is 4.58. The van der Waals surface area contributed by atoms with Crippen LogP contribution in [0.4, 0.5) is 5.69 Å². The Labute approximate surface area is 143 Å². The zero-order valence-electron chi connectivity index (χ0n) is 14.3. The molecule has 0 atom stereocenters. The van der Waals surface area contributed by atoms with Crippen molar-refractivity contribution in [1.29, 1.82) is 0 Å². The molecule has 0 amide bonds. The Bertz CT molecular complexity index is 859. The highest BCUT2D eigenvalue weighted by atomic mass is 32.2. The molecule has 2 N–H and O–H groups in total. The van der Waals surface area contributed by atoms with E-state index in [1.807, 2.05) is 24.3 Å². The van der Waals surface area contributed by atoms with Gasteiger partial charge in [-0.15, -0.1) is 0 Å². The average Bonchev–Trinajstić information content (AvgIpc) is 2.55. The van der Waals surface area contributed by atoms with Crippen molar-refractivity contribution in [1.82, 2.24) is 9.21 Å². The smallest absolute Gasteiger partial charge is 0.242 e. The fraction of sp³-hybridized carbons (Fsp3) is 0.333. The van der Waals surface area contributed by atoms with Crippen molar-refractivity contribution in [3.63, 3.8) is 0 Å². The molecule has 2 aromatic rings. The van der Waals surface area contributed by atoms with Crippen molar-refractivity contribution in [2.24, 2.45) is 0 Å². The SMILES string of the molecule is CN1CCc2c(-c3ccc(S(=O)(=O)N(C)C)cc3)ccc(N)c2C1. The molecule has 0 radical (unpaired) electrons. The summed E-state index contributed by atoms with van der Waals surface area (Å²) in [4.78, 5) is 2.56. The molecule has 1 aliphatic heterocycles. The number of nitrogen functional groups attached to an aromatic ring is 1. The van der Waals surface area contributed by atoms with E-state index >= 15 is 0 Å². The summed E-state index contributed by atoms with van der Waals surface area (Å²) in [5.74, 6) is 0. The maximum absolute atomic E-state index is 12.2. The quantitative estimate of drug-likeness (QED) is 0.866. The molecule has 0 saturated carbocycles. The first kappa shape index (κ1) is 17.0. The summed E-state index contributed by atoms with van der Waals surface area (Å²) in [6.07, 6.45) is 0.948. The fourth-order valence-electron chi connectivity index (χ4n) is 3.12. The minimum absolute atomic E-state index is 0.306. The molecule has 3 rings (SSSR count). The topological polar surface area (TPSA) is 66.6 Å². The lowest BCUT2D eigenvalue weighted by atomic mass is 9.90. The summed E-state index contributed by atoms with van der Waals surface area (Å²) < 4.78 is 25.6. The van der Waals surface area contributed by atoms with Gasteiger partial charge in [-0.1, -0.05) is 18.2 Å². The van der Waals surface area contributed by atoms with E-state index < -0.39 is 10.0 Å². The minimum atomic E-state index is -3.40. The highest BCUT2D eigenvalue weighted by molar-refractivity contribution is 7.89. The van der Waals surface area contributed by atoms with Gasteiger partial charge in [0.25, 0.3) is 0 Å². The molecule has 24 heavy (non-hydrogen) atoms. The van der Waals surface area contributed by atoms with Crippen molar-refractivity contribution < 1.29 is 8.42 Å². The van der Waals surface area contributed by atoms with Crippen LogP contribution in [0.15, 0.2) is 41.3 Å². The van der Waals surface area contributed by atoms with E-state index in [0.29, 0.717) is 4.90 Å². The fourth-order valence-corrected chi connectivity index (χ4v) is 4.02. The molecule has 1 aliphatic rings. The molecule has 1 heterocycles. The Hall–Kier alpha value is -1.89. The summed E-state index contributed by atoms with van der Waals surface area (Å²) in [6, 6.07) is 11.1. The molecule has 0 aromatic heterocycles. The van der Waals surface area contributed by atoms with Crippen LogP contribution in [0.25, 0.3) is 11.1 Å². The number of nitrogens with zero attached hydrogens (tertiary/aromatic N) is 2. The van der Waals surface area contributed by atoms with Gasteiger partial charge in [0.05, 0.1) is 4.90 Å². The van der Waals surface area contributed by atoms with Gasteiger partial charge in [-0.2, -0.15) is 0 Å². The second-order valence-electron chi connectivity index (χ2n) is 6.46. The number of sulfonamides is 1. The van der Waals surface area contributed by atoms with Gasteiger partial charge in [0.2, 0.25) is 10.0 Å². The average molecular weight is 345 g/mol. The molecule has 0 saturated heterocycles. The Morgan fingerprint density at radius 2 is 1.71 bits per heavy atom. The number of benzene rings is 2. The van der Waals surface area contributed by atoms with Crippen LogP contribution in [-0.2, 0) is 23.0 Å². The van der Waals surface area contributed by atoms with Gasteiger partial charge in [-0.05, 0) is 53.9 Å². The van der Waals surface area contributed by atoms with Gasteiger partial charge in [0.1, 0.15) is 0 Å². The van der Waals surface area contributed by atoms with Gasteiger partial charge in [-0.25, -0.2) is 12.7 Å². The first-order chi connectivity index (χ1) is 11.3. The Kier molecular flexibility index (Phi) is 4.38. The van der Waals surface area contributed by atoms with Crippen LogP contribution in [0.1, 0.15) is 11.1 Å². The number of anilines is 1. The van der Waals surface area contributed by atoms with Crippen LogP contribution in [0.2, 0.25) is 0 Å². The zero-order chi connectivity index (χ0) is 17.5. The molecule has 2 aromatic carbocycles. The number of rotatable bonds is 3. The Morgan fingerprint density at radius 1 is 1.04 bits per heavy atom. The molecule has 6 heteroatoms. The highest BCUT2D eigenvalue weighted by Gasteiger charge is 2.21. The number of likely N-dealkylation sites (N-methyl/N-ethyl adjacent to an activating group) is 1. The first-order valence-corrected chi connectivity index (χ1v) is 9.36. The number of hydrogen-bond acceptors (Lipinski definition) is 4. The van der Waals surface area contributed by atoms with E-state index in [0.717, 1.165) is 36.3 Å². The largest absolute Gasteiger partial charge is 0.398 e. The molecule has 0 bridgehead atoms. The van der Waals surface area contributed by atoms with Crippen LogP contribution in [0.3, 0.4) is 0 Å². The van der Waals surface area contributed by atoms with Gasteiger partial charge in [-0.3, -0.25) is 0 Å². The van der Waals surface area contributed by atoms with E-state index in [1.54, 1.807) is 12.1 Å². The lowest BCUT2D eigenvalue weighted by Crippen LogP contribution is -2.27. The second-order valence-corrected chi connectivity index (χ2v) is 8.61. The van der Waals surface area contributed by atoms with Crippen LogP contribution >= 0.6 is 0 Å².